The predicted molar refractivity (Wildman–Crippen MR) is 90.1 cm³/mol. The Labute approximate surface area is 135 Å². The summed E-state index contributed by atoms with van der Waals surface area (Å²) in [4.78, 5) is 0. The molecule has 4 heteroatoms. The van der Waals surface area contributed by atoms with E-state index in [0.29, 0.717) is 0 Å². The lowest BCUT2D eigenvalue weighted by molar-refractivity contribution is 1.13. The zero-order chi connectivity index (χ0) is 14.0. The molecule has 0 saturated carbocycles. The summed E-state index contributed by atoms with van der Waals surface area (Å²) in [5.41, 5.74) is 4.81. The highest BCUT2D eigenvalue weighted by atomic mass is 79.9. The van der Waals surface area contributed by atoms with E-state index in [1.54, 1.807) is 0 Å². The third-order valence-electron chi connectivity index (χ3n) is 2.89. The molecule has 2 aromatic carbocycles. The van der Waals surface area contributed by atoms with E-state index >= 15 is 0 Å². The zero-order valence-corrected chi connectivity index (χ0v) is 14.7. The fourth-order valence-electron chi connectivity index (χ4n) is 1.98. The Hall–Kier alpha value is -0.510. The minimum absolute atomic E-state index is 0.733. The summed E-state index contributed by atoms with van der Waals surface area (Å²) in [6, 6.07) is 10.3. The molecule has 0 unspecified atom stereocenters. The van der Waals surface area contributed by atoms with Crippen LogP contribution in [0.4, 0.5) is 5.69 Å². The van der Waals surface area contributed by atoms with Gasteiger partial charge in [-0.05, 0) is 80.6 Å². The summed E-state index contributed by atoms with van der Waals surface area (Å²) < 4.78 is 2.02. The van der Waals surface area contributed by atoms with Gasteiger partial charge in [-0.3, -0.25) is 0 Å². The Morgan fingerprint density at radius 2 is 1.79 bits per heavy atom. The van der Waals surface area contributed by atoms with Crippen LogP contribution in [0.25, 0.3) is 0 Å². The van der Waals surface area contributed by atoms with Gasteiger partial charge in [-0.15, -0.1) is 0 Å². The number of halogens is 3. The predicted octanol–water partition coefficient (Wildman–Crippen LogP) is 6.09. The van der Waals surface area contributed by atoms with Gasteiger partial charge in [0.1, 0.15) is 0 Å². The molecule has 0 aromatic heterocycles. The molecule has 0 aliphatic heterocycles. The van der Waals surface area contributed by atoms with E-state index < -0.39 is 0 Å². The van der Waals surface area contributed by atoms with Crippen molar-refractivity contribution >= 4 is 49.1 Å². The van der Waals surface area contributed by atoms with Crippen molar-refractivity contribution in [1.29, 1.82) is 0 Å². The first-order valence-corrected chi connectivity index (χ1v) is 7.88. The number of anilines is 1. The first-order valence-electron chi connectivity index (χ1n) is 5.92. The molecule has 0 radical (unpaired) electrons. The average Bonchev–Trinajstić information content (AvgIpc) is 2.32. The van der Waals surface area contributed by atoms with Crippen molar-refractivity contribution in [3.05, 3.63) is 61.0 Å². The molecule has 100 valence electrons. The molecule has 0 saturated heterocycles. The van der Waals surface area contributed by atoms with Crippen molar-refractivity contribution < 1.29 is 0 Å². The molecular weight excluding hydrogens is 389 g/mol. The molecule has 1 N–H and O–H groups in total. The number of rotatable bonds is 3. The Kier molecular flexibility index (Phi) is 4.93. The van der Waals surface area contributed by atoms with Crippen molar-refractivity contribution in [2.75, 3.05) is 5.32 Å². The molecule has 0 aliphatic rings. The Balaban J connectivity index is 2.16. The van der Waals surface area contributed by atoms with E-state index in [1.165, 1.54) is 16.7 Å². The maximum Gasteiger partial charge on any atom is 0.0548 e. The molecule has 19 heavy (non-hydrogen) atoms. The molecule has 0 atom stereocenters. The first-order chi connectivity index (χ1) is 8.97. The van der Waals surface area contributed by atoms with Crippen molar-refractivity contribution in [3.8, 4) is 0 Å². The quantitative estimate of drug-likeness (QED) is 0.653. The largest absolute Gasteiger partial charge is 0.380 e. The maximum atomic E-state index is 5.99. The first kappa shape index (κ1) is 14.9. The topological polar surface area (TPSA) is 12.0 Å². The van der Waals surface area contributed by atoms with E-state index in [9.17, 15) is 0 Å². The minimum Gasteiger partial charge on any atom is -0.380 e. The summed E-state index contributed by atoms with van der Waals surface area (Å²) in [6.07, 6.45) is 0. The van der Waals surface area contributed by atoms with Gasteiger partial charge in [-0.1, -0.05) is 23.7 Å². The number of benzene rings is 2. The third-order valence-corrected chi connectivity index (χ3v) is 4.72. The van der Waals surface area contributed by atoms with Crippen LogP contribution in [0.15, 0.2) is 39.3 Å². The summed E-state index contributed by atoms with van der Waals surface area (Å²) in [5, 5.41) is 4.19. The molecule has 0 fully saturated rings. The normalized spacial score (nSPS) is 10.6. The van der Waals surface area contributed by atoms with Crippen LogP contribution in [0.3, 0.4) is 0 Å². The van der Waals surface area contributed by atoms with Gasteiger partial charge >= 0.3 is 0 Å². The van der Waals surface area contributed by atoms with E-state index in [4.69, 9.17) is 11.6 Å². The Bertz CT molecular complexity index is 588. The van der Waals surface area contributed by atoms with Gasteiger partial charge in [0.15, 0.2) is 0 Å². The van der Waals surface area contributed by atoms with Crippen LogP contribution in [-0.2, 0) is 6.54 Å². The van der Waals surface area contributed by atoms with Crippen molar-refractivity contribution in [2.45, 2.75) is 20.4 Å². The number of nitrogens with one attached hydrogen (secondary N) is 1. The van der Waals surface area contributed by atoms with E-state index in [2.05, 4.69) is 63.2 Å². The lowest BCUT2D eigenvalue weighted by atomic mass is 10.1. The van der Waals surface area contributed by atoms with Gasteiger partial charge in [-0.25, -0.2) is 0 Å². The SMILES string of the molecule is Cc1cc(C)c(NCc2ccc(Cl)c(Br)c2)c(Br)c1. The summed E-state index contributed by atoms with van der Waals surface area (Å²) >= 11 is 13.0. The lowest BCUT2D eigenvalue weighted by Gasteiger charge is -2.13. The summed E-state index contributed by atoms with van der Waals surface area (Å²) in [5.74, 6) is 0. The standard InChI is InChI=1S/C15H14Br2ClN/c1-9-5-10(2)15(13(17)6-9)19-8-11-3-4-14(18)12(16)7-11/h3-7,19H,8H2,1-2H3. The molecule has 0 heterocycles. The Morgan fingerprint density at radius 3 is 2.42 bits per heavy atom. The fourth-order valence-corrected chi connectivity index (χ4v) is 3.34. The van der Waals surface area contributed by atoms with Crippen molar-refractivity contribution in [2.24, 2.45) is 0 Å². The van der Waals surface area contributed by atoms with Crippen LogP contribution in [0.5, 0.6) is 0 Å². The third kappa shape index (κ3) is 3.74. The lowest BCUT2D eigenvalue weighted by Crippen LogP contribution is -2.02. The highest BCUT2D eigenvalue weighted by Gasteiger charge is 2.05. The fraction of sp³-hybridized carbons (Fsp3) is 0.200. The van der Waals surface area contributed by atoms with E-state index in [1.807, 2.05) is 18.2 Å². The van der Waals surface area contributed by atoms with E-state index in [0.717, 1.165) is 26.2 Å². The van der Waals surface area contributed by atoms with E-state index in [-0.39, 0.29) is 0 Å². The van der Waals surface area contributed by atoms with Crippen LogP contribution >= 0.6 is 43.5 Å². The monoisotopic (exact) mass is 401 g/mol. The van der Waals surface area contributed by atoms with Crippen molar-refractivity contribution in [1.82, 2.24) is 0 Å². The minimum atomic E-state index is 0.733. The van der Waals surface area contributed by atoms with Gasteiger partial charge in [0.25, 0.3) is 0 Å². The molecule has 0 spiro atoms. The van der Waals surface area contributed by atoms with Gasteiger partial charge in [0.2, 0.25) is 0 Å². The molecule has 1 nitrogen and oxygen atoms in total. The summed E-state index contributed by atoms with van der Waals surface area (Å²) in [7, 11) is 0. The highest BCUT2D eigenvalue weighted by molar-refractivity contribution is 9.11. The molecular formula is C15H14Br2ClN. The van der Waals surface area contributed by atoms with Gasteiger partial charge in [-0.2, -0.15) is 0 Å². The van der Waals surface area contributed by atoms with Gasteiger partial charge in [0.05, 0.1) is 10.7 Å². The van der Waals surface area contributed by atoms with Crippen molar-refractivity contribution in [3.63, 3.8) is 0 Å². The highest BCUT2D eigenvalue weighted by Crippen LogP contribution is 2.29. The smallest absolute Gasteiger partial charge is 0.0548 e. The average molecular weight is 404 g/mol. The number of hydrogen-bond donors (Lipinski definition) is 1. The second-order valence-electron chi connectivity index (χ2n) is 4.54. The second kappa shape index (κ2) is 6.29. The number of aryl methyl sites for hydroxylation is 2. The van der Waals surface area contributed by atoms with Crippen LogP contribution in [-0.4, -0.2) is 0 Å². The van der Waals surface area contributed by atoms with Crippen LogP contribution in [0.1, 0.15) is 16.7 Å². The molecule has 0 amide bonds. The Morgan fingerprint density at radius 1 is 1.05 bits per heavy atom. The molecule has 0 bridgehead atoms. The van der Waals surface area contributed by atoms with Gasteiger partial charge in [0, 0.05) is 15.5 Å². The molecule has 2 aromatic rings. The van der Waals surface area contributed by atoms with Crippen LogP contribution in [0, 0.1) is 13.8 Å². The zero-order valence-electron chi connectivity index (χ0n) is 10.7. The molecule has 2 rings (SSSR count). The van der Waals surface area contributed by atoms with Crippen LogP contribution in [0.2, 0.25) is 5.02 Å². The maximum absolute atomic E-state index is 5.99. The summed E-state index contributed by atoms with van der Waals surface area (Å²) in [6.45, 7) is 4.97. The second-order valence-corrected chi connectivity index (χ2v) is 6.66. The molecule has 0 aliphatic carbocycles. The van der Waals surface area contributed by atoms with Crippen LogP contribution < -0.4 is 5.32 Å². The van der Waals surface area contributed by atoms with Gasteiger partial charge < -0.3 is 5.32 Å². The number of hydrogen-bond acceptors (Lipinski definition) is 1.